The fourth-order valence-electron chi connectivity index (χ4n) is 5.26. The Balaban J connectivity index is 1.30. The second kappa shape index (κ2) is 6.47. The van der Waals surface area contributed by atoms with Crippen molar-refractivity contribution in [2.45, 2.75) is 38.5 Å². The van der Waals surface area contributed by atoms with Crippen LogP contribution in [0.25, 0.3) is 0 Å². The standard InChI is InChI=1S/C24H26N2O2/c1-25-21-14-18(7-6-17(21)8-9-22(25)27)23(28)26-12-10-24(11-13-26)15-19-4-2-3-5-20(19)16-24/h2-7,14H,8-13,15-16H2,1H3. The van der Waals surface area contributed by atoms with E-state index in [0.717, 1.165) is 56.4 Å². The molecule has 0 unspecified atom stereocenters. The summed E-state index contributed by atoms with van der Waals surface area (Å²) >= 11 is 0. The molecule has 28 heavy (non-hydrogen) atoms. The van der Waals surface area contributed by atoms with E-state index in [-0.39, 0.29) is 11.8 Å². The van der Waals surface area contributed by atoms with E-state index < -0.39 is 0 Å². The molecule has 0 saturated carbocycles. The molecule has 0 aromatic heterocycles. The molecule has 2 aromatic carbocycles. The summed E-state index contributed by atoms with van der Waals surface area (Å²) in [5.74, 6) is 0.220. The lowest BCUT2D eigenvalue weighted by Crippen LogP contribution is -2.43. The van der Waals surface area contributed by atoms with Gasteiger partial charge in [-0.3, -0.25) is 9.59 Å². The van der Waals surface area contributed by atoms with Crippen LogP contribution < -0.4 is 4.90 Å². The number of carbonyl (C=O) groups excluding carboxylic acids is 2. The Labute approximate surface area is 166 Å². The number of benzene rings is 2. The number of piperidine rings is 1. The molecule has 2 amide bonds. The lowest BCUT2D eigenvalue weighted by molar-refractivity contribution is -0.118. The predicted molar refractivity (Wildman–Crippen MR) is 110 cm³/mol. The molecule has 3 aliphatic rings. The van der Waals surface area contributed by atoms with Gasteiger partial charge >= 0.3 is 0 Å². The molecule has 1 fully saturated rings. The van der Waals surface area contributed by atoms with Gasteiger partial charge in [0.05, 0.1) is 0 Å². The molecule has 1 aliphatic carbocycles. The van der Waals surface area contributed by atoms with Crippen LogP contribution in [0.5, 0.6) is 0 Å². The molecule has 1 saturated heterocycles. The van der Waals surface area contributed by atoms with Crippen LogP contribution in [0, 0.1) is 5.41 Å². The number of hydrogen-bond donors (Lipinski definition) is 0. The third-order valence-electron chi connectivity index (χ3n) is 7.04. The van der Waals surface area contributed by atoms with Crippen LogP contribution in [-0.2, 0) is 24.1 Å². The first-order valence-electron chi connectivity index (χ1n) is 10.3. The van der Waals surface area contributed by atoms with Gasteiger partial charge in [-0.25, -0.2) is 0 Å². The maximum Gasteiger partial charge on any atom is 0.253 e. The first kappa shape index (κ1) is 17.5. The Hall–Kier alpha value is -2.62. The number of nitrogens with zero attached hydrogens (tertiary/aromatic N) is 2. The summed E-state index contributed by atoms with van der Waals surface area (Å²) in [6, 6.07) is 14.6. The fourth-order valence-corrected chi connectivity index (χ4v) is 5.26. The molecule has 5 rings (SSSR count). The zero-order valence-corrected chi connectivity index (χ0v) is 16.4. The van der Waals surface area contributed by atoms with Crippen LogP contribution in [0.15, 0.2) is 42.5 Å². The second-order valence-corrected chi connectivity index (χ2v) is 8.71. The summed E-state index contributed by atoms with van der Waals surface area (Å²) in [6.45, 7) is 1.64. The lowest BCUT2D eigenvalue weighted by atomic mass is 9.76. The van der Waals surface area contributed by atoms with Crippen molar-refractivity contribution in [2.75, 3.05) is 25.0 Å². The van der Waals surface area contributed by atoms with Gasteiger partial charge in [0.15, 0.2) is 0 Å². The normalized spacial score (nSPS) is 20.2. The average molecular weight is 374 g/mol. The van der Waals surface area contributed by atoms with Gasteiger partial charge in [-0.1, -0.05) is 30.3 Å². The number of amides is 2. The molecule has 0 atom stereocenters. The molecule has 2 heterocycles. The number of aryl methyl sites for hydroxylation is 1. The SMILES string of the molecule is CN1C(=O)CCc2ccc(C(=O)N3CCC4(CC3)Cc3ccccc3C4)cc21. The van der Waals surface area contributed by atoms with Crippen LogP contribution in [0.3, 0.4) is 0 Å². The zero-order valence-electron chi connectivity index (χ0n) is 16.4. The molecule has 0 bridgehead atoms. The first-order valence-corrected chi connectivity index (χ1v) is 10.3. The summed E-state index contributed by atoms with van der Waals surface area (Å²) in [7, 11) is 1.80. The Kier molecular flexibility index (Phi) is 4.04. The molecule has 2 aromatic rings. The summed E-state index contributed by atoms with van der Waals surface area (Å²) in [4.78, 5) is 28.8. The van der Waals surface area contributed by atoms with Gasteiger partial charge in [-0.15, -0.1) is 0 Å². The molecule has 144 valence electrons. The van der Waals surface area contributed by atoms with Gasteiger partial charge in [-0.2, -0.15) is 0 Å². The molecular formula is C24H26N2O2. The van der Waals surface area contributed by atoms with Crippen molar-refractivity contribution in [3.63, 3.8) is 0 Å². The van der Waals surface area contributed by atoms with Crippen LogP contribution in [0.1, 0.15) is 46.3 Å². The number of rotatable bonds is 1. The van der Waals surface area contributed by atoms with E-state index in [1.165, 1.54) is 11.1 Å². The number of anilines is 1. The van der Waals surface area contributed by atoms with Crippen molar-refractivity contribution in [1.82, 2.24) is 4.90 Å². The van der Waals surface area contributed by atoms with Crippen molar-refractivity contribution in [3.05, 3.63) is 64.7 Å². The first-order chi connectivity index (χ1) is 13.5. The average Bonchev–Trinajstić information content (AvgIpc) is 3.08. The Morgan fingerprint density at radius 3 is 2.29 bits per heavy atom. The largest absolute Gasteiger partial charge is 0.339 e. The zero-order chi connectivity index (χ0) is 19.3. The van der Waals surface area contributed by atoms with Crippen molar-refractivity contribution in [2.24, 2.45) is 5.41 Å². The Bertz CT molecular complexity index is 930. The summed E-state index contributed by atoms with van der Waals surface area (Å²) in [5, 5.41) is 0. The minimum absolute atomic E-state index is 0.0968. The highest BCUT2D eigenvalue weighted by Gasteiger charge is 2.40. The molecule has 4 heteroatoms. The van der Waals surface area contributed by atoms with E-state index in [0.29, 0.717) is 17.4 Å². The summed E-state index contributed by atoms with van der Waals surface area (Å²) in [5.41, 5.74) is 6.06. The molecule has 2 aliphatic heterocycles. The van der Waals surface area contributed by atoms with Crippen LogP contribution in [0.2, 0.25) is 0 Å². The molecule has 0 radical (unpaired) electrons. The van der Waals surface area contributed by atoms with Crippen LogP contribution in [-0.4, -0.2) is 36.9 Å². The molecule has 4 nitrogen and oxygen atoms in total. The summed E-state index contributed by atoms with van der Waals surface area (Å²) < 4.78 is 0. The highest BCUT2D eigenvalue weighted by Crippen LogP contribution is 2.44. The van der Waals surface area contributed by atoms with E-state index in [1.807, 2.05) is 23.1 Å². The van der Waals surface area contributed by atoms with Crippen molar-refractivity contribution in [3.8, 4) is 0 Å². The highest BCUT2D eigenvalue weighted by molar-refractivity contribution is 6.00. The van der Waals surface area contributed by atoms with Gasteiger partial charge in [-0.05, 0) is 66.3 Å². The quantitative estimate of drug-likeness (QED) is 0.765. The van der Waals surface area contributed by atoms with E-state index in [9.17, 15) is 9.59 Å². The maximum absolute atomic E-state index is 13.1. The number of likely N-dealkylation sites (tertiary alicyclic amines) is 1. The Morgan fingerprint density at radius 2 is 1.61 bits per heavy atom. The van der Waals surface area contributed by atoms with Gasteiger partial charge < -0.3 is 9.80 Å². The second-order valence-electron chi connectivity index (χ2n) is 8.71. The van der Waals surface area contributed by atoms with E-state index in [2.05, 4.69) is 24.3 Å². The van der Waals surface area contributed by atoms with Gasteiger partial charge in [0.1, 0.15) is 0 Å². The monoisotopic (exact) mass is 374 g/mol. The van der Waals surface area contributed by atoms with Crippen LogP contribution >= 0.6 is 0 Å². The van der Waals surface area contributed by atoms with E-state index in [4.69, 9.17) is 0 Å². The van der Waals surface area contributed by atoms with Gasteiger partial charge in [0, 0.05) is 37.8 Å². The van der Waals surface area contributed by atoms with Crippen molar-refractivity contribution < 1.29 is 9.59 Å². The van der Waals surface area contributed by atoms with Crippen molar-refractivity contribution >= 4 is 17.5 Å². The van der Waals surface area contributed by atoms with Crippen LogP contribution in [0.4, 0.5) is 5.69 Å². The number of carbonyl (C=O) groups is 2. The minimum Gasteiger partial charge on any atom is -0.339 e. The van der Waals surface area contributed by atoms with E-state index in [1.54, 1.807) is 11.9 Å². The third kappa shape index (κ3) is 2.83. The van der Waals surface area contributed by atoms with Crippen molar-refractivity contribution in [1.29, 1.82) is 0 Å². The van der Waals surface area contributed by atoms with E-state index >= 15 is 0 Å². The maximum atomic E-state index is 13.1. The predicted octanol–water partition coefficient (Wildman–Crippen LogP) is 3.62. The fraction of sp³-hybridized carbons (Fsp3) is 0.417. The highest BCUT2D eigenvalue weighted by atomic mass is 16.2. The third-order valence-corrected chi connectivity index (χ3v) is 7.04. The topological polar surface area (TPSA) is 40.6 Å². The lowest BCUT2D eigenvalue weighted by Gasteiger charge is -2.39. The molecule has 0 N–H and O–H groups in total. The van der Waals surface area contributed by atoms with Gasteiger partial charge in [0.2, 0.25) is 5.91 Å². The number of fused-ring (bicyclic) bond motifs is 2. The molecular weight excluding hydrogens is 348 g/mol. The molecule has 1 spiro atoms. The number of hydrogen-bond acceptors (Lipinski definition) is 2. The van der Waals surface area contributed by atoms with Gasteiger partial charge in [0.25, 0.3) is 5.91 Å². The minimum atomic E-state index is 0.0968. The summed E-state index contributed by atoms with van der Waals surface area (Å²) in [6.07, 6.45) is 5.74. The smallest absolute Gasteiger partial charge is 0.253 e. The Morgan fingerprint density at radius 1 is 0.929 bits per heavy atom.